The Morgan fingerprint density at radius 1 is 1.42 bits per heavy atom. The van der Waals surface area contributed by atoms with Crippen molar-refractivity contribution < 1.29 is 14.1 Å². The van der Waals surface area contributed by atoms with Crippen LogP contribution in [0.5, 0.6) is 0 Å². The molecule has 0 aliphatic rings. The summed E-state index contributed by atoms with van der Waals surface area (Å²) in [5.41, 5.74) is 0.131. The molecule has 0 saturated heterocycles. The molecule has 1 aromatic carbocycles. The molecule has 0 N–H and O–H groups in total. The van der Waals surface area contributed by atoms with Gasteiger partial charge in [-0.1, -0.05) is 0 Å². The van der Waals surface area contributed by atoms with E-state index in [2.05, 4.69) is 10.2 Å². The Morgan fingerprint density at radius 2 is 2.16 bits per heavy atom. The van der Waals surface area contributed by atoms with Crippen LogP contribution in [0.1, 0.15) is 23.2 Å². The first-order chi connectivity index (χ1) is 8.97. The number of benzene rings is 1. The summed E-state index contributed by atoms with van der Waals surface area (Å²) < 4.78 is 5.15. The van der Waals surface area contributed by atoms with E-state index < -0.39 is 4.92 Å². The lowest BCUT2D eigenvalue weighted by Crippen LogP contribution is -1.97. The third kappa shape index (κ3) is 2.97. The van der Waals surface area contributed by atoms with Gasteiger partial charge in [-0.25, -0.2) is 0 Å². The van der Waals surface area contributed by atoms with Crippen LogP contribution in [-0.4, -0.2) is 20.9 Å². The number of hydrogen-bond donors (Lipinski definition) is 0. The molecule has 19 heavy (non-hydrogen) atoms. The Labute approximate surface area is 112 Å². The quantitative estimate of drug-likeness (QED) is 0.481. The van der Waals surface area contributed by atoms with Gasteiger partial charge in [0, 0.05) is 18.6 Å². The molecular weight excluding hydrogens is 270 g/mol. The number of hydrogen-bond acceptors (Lipinski definition) is 7. The third-order valence-electron chi connectivity index (χ3n) is 2.27. The minimum atomic E-state index is -0.544. The SMILES string of the molecule is CC(=O)c1ccc(Sc2nnc(C)o2)c([N+](=O)[O-])c1. The summed E-state index contributed by atoms with van der Waals surface area (Å²) in [6.45, 7) is 2.98. The molecule has 98 valence electrons. The fourth-order valence-electron chi connectivity index (χ4n) is 1.38. The number of nitro benzene ring substituents is 1. The van der Waals surface area contributed by atoms with E-state index in [1.807, 2.05) is 0 Å². The van der Waals surface area contributed by atoms with Crippen LogP contribution in [-0.2, 0) is 0 Å². The van der Waals surface area contributed by atoms with E-state index in [9.17, 15) is 14.9 Å². The van der Waals surface area contributed by atoms with E-state index in [0.29, 0.717) is 10.8 Å². The van der Waals surface area contributed by atoms with Crippen LogP contribution in [0.2, 0.25) is 0 Å². The van der Waals surface area contributed by atoms with Gasteiger partial charge >= 0.3 is 0 Å². The molecule has 0 aliphatic carbocycles. The number of Topliss-reactive ketones (excluding diaryl/α,β-unsaturated/α-hetero) is 1. The van der Waals surface area contributed by atoms with Gasteiger partial charge in [-0.05, 0) is 30.8 Å². The van der Waals surface area contributed by atoms with E-state index in [1.165, 1.54) is 25.1 Å². The highest BCUT2D eigenvalue weighted by molar-refractivity contribution is 7.99. The number of nitro groups is 1. The lowest BCUT2D eigenvalue weighted by Gasteiger charge is -2.01. The smallest absolute Gasteiger partial charge is 0.284 e. The van der Waals surface area contributed by atoms with Gasteiger partial charge in [0.25, 0.3) is 10.9 Å². The molecule has 0 atom stereocenters. The number of nitrogens with zero attached hydrogens (tertiary/aromatic N) is 3. The Morgan fingerprint density at radius 3 is 2.68 bits per heavy atom. The molecule has 0 radical (unpaired) electrons. The molecule has 2 aromatic rings. The predicted octanol–water partition coefficient (Wildman–Crippen LogP) is 2.64. The van der Waals surface area contributed by atoms with Gasteiger partial charge in [0.2, 0.25) is 5.89 Å². The van der Waals surface area contributed by atoms with Crippen LogP contribution < -0.4 is 0 Å². The van der Waals surface area contributed by atoms with Crippen LogP contribution in [0.4, 0.5) is 5.69 Å². The maximum Gasteiger partial charge on any atom is 0.284 e. The van der Waals surface area contributed by atoms with Gasteiger partial charge in [-0.3, -0.25) is 14.9 Å². The molecule has 7 nitrogen and oxygen atoms in total. The summed E-state index contributed by atoms with van der Waals surface area (Å²) in [5.74, 6) is 0.152. The number of aryl methyl sites for hydroxylation is 1. The molecule has 0 amide bonds. The number of carbonyl (C=O) groups excluding carboxylic acids is 1. The normalized spacial score (nSPS) is 10.4. The van der Waals surface area contributed by atoms with Crippen molar-refractivity contribution in [3.63, 3.8) is 0 Å². The summed E-state index contributed by atoms with van der Waals surface area (Å²) in [4.78, 5) is 22.0. The van der Waals surface area contributed by atoms with E-state index in [-0.39, 0.29) is 22.3 Å². The lowest BCUT2D eigenvalue weighted by atomic mass is 10.1. The van der Waals surface area contributed by atoms with Crippen molar-refractivity contribution >= 4 is 23.2 Å². The average molecular weight is 279 g/mol. The number of ketones is 1. The maximum atomic E-state index is 11.2. The third-order valence-corrected chi connectivity index (χ3v) is 3.17. The van der Waals surface area contributed by atoms with Gasteiger partial charge in [0.05, 0.1) is 9.82 Å². The Balaban J connectivity index is 2.39. The highest BCUT2D eigenvalue weighted by Crippen LogP contribution is 2.34. The zero-order chi connectivity index (χ0) is 14.0. The second-order valence-corrected chi connectivity index (χ2v) is 4.68. The Hall–Kier alpha value is -2.22. The van der Waals surface area contributed by atoms with E-state index in [0.717, 1.165) is 11.8 Å². The van der Waals surface area contributed by atoms with Crippen molar-refractivity contribution in [2.45, 2.75) is 24.0 Å². The summed E-state index contributed by atoms with van der Waals surface area (Å²) in [6.07, 6.45) is 0. The van der Waals surface area contributed by atoms with Crippen LogP contribution in [0.3, 0.4) is 0 Å². The number of aromatic nitrogens is 2. The standard InChI is InChI=1S/C11H9N3O4S/c1-6(15)8-3-4-10(9(5-8)14(16)17)19-11-13-12-7(2)18-11/h3-5H,1-2H3. The number of rotatable bonds is 4. The molecule has 0 spiro atoms. The van der Waals surface area contributed by atoms with Crippen LogP contribution in [0.15, 0.2) is 32.7 Å². The molecular formula is C11H9N3O4S. The van der Waals surface area contributed by atoms with Crippen LogP contribution in [0.25, 0.3) is 0 Å². The molecule has 8 heteroatoms. The summed E-state index contributed by atoms with van der Waals surface area (Å²) >= 11 is 0.991. The van der Waals surface area contributed by atoms with Gasteiger partial charge < -0.3 is 4.42 Å². The highest BCUT2D eigenvalue weighted by Gasteiger charge is 2.19. The molecule has 1 aromatic heterocycles. The van der Waals surface area contributed by atoms with E-state index >= 15 is 0 Å². The number of carbonyl (C=O) groups is 1. The van der Waals surface area contributed by atoms with Crippen molar-refractivity contribution in [2.24, 2.45) is 0 Å². The zero-order valence-electron chi connectivity index (χ0n) is 10.1. The molecule has 0 saturated carbocycles. The zero-order valence-corrected chi connectivity index (χ0v) is 10.9. The molecule has 0 unspecified atom stereocenters. The van der Waals surface area contributed by atoms with Crippen molar-refractivity contribution in [1.82, 2.24) is 10.2 Å². The van der Waals surface area contributed by atoms with Crippen molar-refractivity contribution in [1.29, 1.82) is 0 Å². The lowest BCUT2D eigenvalue weighted by molar-refractivity contribution is -0.387. The fourth-order valence-corrected chi connectivity index (χ4v) is 2.19. The average Bonchev–Trinajstić information content (AvgIpc) is 2.74. The largest absolute Gasteiger partial charge is 0.416 e. The summed E-state index contributed by atoms with van der Waals surface area (Å²) in [5, 5.41) is 18.6. The fraction of sp³-hybridized carbons (Fsp3) is 0.182. The molecule has 2 rings (SSSR count). The molecule has 1 heterocycles. The second kappa shape index (κ2) is 5.19. The molecule has 0 aliphatic heterocycles. The predicted molar refractivity (Wildman–Crippen MR) is 66.3 cm³/mol. The van der Waals surface area contributed by atoms with Crippen molar-refractivity contribution in [2.75, 3.05) is 0 Å². The van der Waals surface area contributed by atoms with Crippen LogP contribution in [0, 0.1) is 17.0 Å². The minimum Gasteiger partial charge on any atom is -0.416 e. The van der Waals surface area contributed by atoms with Gasteiger partial charge in [-0.2, -0.15) is 0 Å². The van der Waals surface area contributed by atoms with Crippen LogP contribution >= 0.6 is 11.8 Å². The topological polar surface area (TPSA) is 99.1 Å². The van der Waals surface area contributed by atoms with Crippen molar-refractivity contribution in [3.8, 4) is 0 Å². The molecule has 0 bridgehead atoms. The first-order valence-corrected chi connectivity index (χ1v) is 6.06. The first-order valence-electron chi connectivity index (χ1n) is 5.24. The van der Waals surface area contributed by atoms with Crippen molar-refractivity contribution in [3.05, 3.63) is 39.8 Å². The summed E-state index contributed by atoms with van der Waals surface area (Å²) in [6, 6.07) is 4.27. The maximum absolute atomic E-state index is 11.2. The highest BCUT2D eigenvalue weighted by atomic mass is 32.2. The molecule has 0 fully saturated rings. The monoisotopic (exact) mass is 279 g/mol. The first kappa shape index (κ1) is 13.2. The van der Waals surface area contributed by atoms with E-state index in [1.54, 1.807) is 6.92 Å². The second-order valence-electron chi connectivity index (χ2n) is 3.68. The Kier molecular flexibility index (Phi) is 3.61. The Bertz CT molecular complexity index is 653. The van der Waals surface area contributed by atoms with Gasteiger partial charge in [0.1, 0.15) is 0 Å². The van der Waals surface area contributed by atoms with E-state index in [4.69, 9.17) is 4.42 Å². The summed E-state index contributed by atoms with van der Waals surface area (Å²) in [7, 11) is 0. The minimum absolute atomic E-state index is 0.159. The van der Waals surface area contributed by atoms with Gasteiger partial charge in [0.15, 0.2) is 5.78 Å². The van der Waals surface area contributed by atoms with Gasteiger partial charge in [-0.15, -0.1) is 10.2 Å².